The molecular formula is C14H15N3OS. The average Bonchev–Trinajstić information content (AvgIpc) is 2.99. The number of hydrogen-bond acceptors (Lipinski definition) is 4. The summed E-state index contributed by atoms with van der Waals surface area (Å²) in [5.41, 5.74) is 10.0. The zero-order valence-electron chi connectivity index (χ0n) is 10.5. The van der Waals surface area contributed by atoms with E-state index in [0.29, 0.717) is 11.4 Å². The highest BCUT2D eigenvalue weighted by molar-refractivity contribution is 7.11. The molecule has 0 fully saturated rings. The predicted octanol–water partition coefficient (Wildman–Crippen LogP) is 1.84. The third kappa shape index (κ3) is 2.15. The third-order valence-corrected chi connectivity index (χ3v) is 4.30. The molecule has 19 heavy (non-hydrogen) atoms. The molecule has 0 bridgehead atoms. The number of amides is 1. The Bertz CT molecular complexity index is 582. The minimum Gasteiger partial charge on any atom is -0.329 e. The molecule has 1 aliphatic rings. The summed E-state index contributed by atoms with van der Waals surface area (Å²) >= 11 is 1.38. The van der Waals surface area contributed by atoms with Gasteiger partial charge in [-0.2, -0.15) is 0 Å². The highest BCUT2D eigenvalue weighted by atomic mass is 32.1. The van der Waals surface area contributed by atoms with Crippen molar-refractivity contribution in [2.75, 3.05) is 13.1 Å². The number of carbonyl (C=O) groups is 1. The van der Waals surface area contributed by atoms with Gasteiger partial charge in [0.15, 0.2) is 0 Å². The zero-order chi connectivity index (χ0) is 13.2. The minimum absolute atomic E-state index is 0.0282. The summed E-state index contributed by atoms with van der Waals surface area (Å²) < 4.78 is 0. The Balaban J connectivity index is 1.94. The van der Waals surface area contributed by atoms with Crippen molar-refractivity contribution in [1.29, 1.82) is 0 Å². The van der Waals surface area contributed by atoms with E-state index in [1.807, 2.05) is 17.0 Å². The van der Waals surface area contributed by atoms with E-state index in [2.05, 4.69) is 17.1 Å². The van der Waals surface area contributed by atoms with E-state index in [1.54, 1.807) is 11.7 Å². The Hall–Kier alpha value is -1.72. The van der Waals surface area contributed by atoms with Crippen molar-refractivity contribution < 1.29 is 4.79 Å². The monoisotopic (exact) mass is 273 g/mol. The molecular weight excluding hydrogens is 258 g/mol. The van der Waals surface area contributed by atoms with Crippen LogP contribution in [-0.4, -0.2) is 28.9 Å². The van der Waals surface area contributed by atoms with Crippen molar-refractivity contribution in [2.45, 2.75) is 12.5 Å². The molecule has 2 aromatic rings. The Kier molecular flexibility index (Phi) is 3.31. The molecule has 2 heterocycles. The predicted molar refractivity (Wildman–Crippen MR) is 75.1 cm³/mol. The van der Waals surface area contributed by atoms with Crippen LogP contribution in [0, 0.1) is 0 Å². The van der Waals surface area contributed by atoms with Gasteiger partial charge in [-0.3, -0.25) is 9.78 Å². The smallest absolute Gasteiger partial charge is 0.266 e. The first-order valence-electron chi connectivity index (χ1n) is 6.28. The number of fused-ring (bicyclic) bond motifs is 1. The van der Waals surface area contributed by atoms with Gasteiger partial charge in [-0.15, -0.1) is 11.3 Å². The first kappa shape index (κ1) is 12.3. The van der Waals surface area contributed by atoms with Gasteiger partial charge in [0.2, 0.25) is 0 Å². The van der Waals surface area contributed by atoms with Crippen molar-refractivity contribution in [3.8, 4) is 0 Å². The fourth-order valence-corrected chi connectivity index (χ4v) is 3.19. The minimum atomic E-state index is -0.0282. The van der Waals surface area contributed by atoms with Crippen LogP contribution in [-0.2, 0) is 6.42 Å². The molecule has 0 spiro atoms. The van der Waals surface area contributed by atoms with Gasteiger partial charge in [-0.25, -0.2) is 0 Å². The lowest BCUT2D eigenvalue weighted by molar-refractivity contribution is 0.0672. The largest absolute Gasteiger partial charge is 0.329 e. The average molecular weight is 273 g/mol. The fraction of sp³-hybridized carbons (Fsp3) is 0.286. The van der Waals surface area contributed by atoms with Crippen LogP contribution >= 0.6 is 11.3 Å². The maximum Gasteiger partial charge on any atom is 0.266 e. The summed E-state index contributed by atoms with van der Waals surface area (Å²) in [6, 6.07) is 8.19. The van der Waals surface area contributed by atoms with Crippen LogP contribution in [0.15, 0.2) is 36.0 Å². The van der Waals surface area contributed by atoms with Gasteiger partial charge in [0.05, 0.1) is 17.7 Å². The summed E-state index contributed by atoms with van der Waals surface area (Å²) in [5.74, 6) is 0.0347. The summed E-state index contributed by atoms with van der Waals surface area (Å²) in [4.78, 5) is 19.0. The number of rotatable bonds is 2. The number of nitrogens with zero attached hydrogens (tertiary/aromatic N) is 2. The first-order valence-corrected chi connectivity index (χ1v) is 7.16. The van der Waals surface area contributed by atoms with Gasteiger partial charge in [0, 0.05) is 13.1 Å². The lowest BCUT2D eigenvalue weighted by Crippen LogP contribution is -2.42. The molecule has 1 aromatic heterocycles. The molecule has 1 amide bonds. The van der Waals surface area contributed by atoms with Crippen LogP contribution in [0.4, 0.5) is 0 Å². The van der Waals surface area contributed by atoms with Gasteiger partial charge in [0.1, 0.15) is 4.88 Å². The van der Waals surface area contributed by atoms with Crippen molar-refractivity contribution >= 4 is 17.2 Å². The summed E-state index contributed by atoms with van der Waals surface area (Å²) in [6.45, 7) is 1.16. The second-order valence-corrected chi connectivity index (χ2v) is 5.45. The lowest BCUT2D eigenvalue weighted by atomic mass is 9.92. The molecule has 1 aromatic carbocycles. The zero-order valence-corrected chi connectivity index (χ0v) is 11.3. The van der Waals surface area contributed by atoms with Crippen molar-refractivity contribution in [1.82, 2.24) is 9.88 Å². The molecule has 2 N–H and O–H groups in total. The molecule has 1 aliphatic heterocycles. The number of carbonyl (C=O) groups excluding carboxylic acids is 1. The summed E-state index contributed by atoms with van der Waals surface area (Å²) in [6.07, 6.45) is 2.51. The Morgan fingerprint density at radius 1 is 1.47 bits per heavy atom. The fourth-order valence-electron chi connectivity index (χ4n) is 2.61. The Labute approximate surface area is 115 Å². The highest BCUT2D eigenvalue weighted by Gasteiger charge is 2.30. The van der Waals surface area contributed by atoms with Crippen LogP contribution in [0.5, 0.6) is 0 Å². The first-order chi connectivity index (χ1) is 9.31. The van der Waals surface area contributed by atoms with Crippen LogP contribution in [0.1, 0.15) is 26.8 Å². The van der Waals surface area contributed by atoms with E-state index in [9.17, 15) is 4.79 Å². The SMILES string of the molecule is NCC1c2ccccc2CCN1C(=O)c1cncs1. The standard InChI is InChI=1S/C14H15N3OS/c15-7-12-11-4-2-1-3-10(11)5-6-17(12)14(18)13-8-16-9-19-13/h1-4,8-9,12H,5-7,15H2. The van der Waals surface area contributed by atoms with Gasteiger partial charge in [0.25, 0.3) is 5.91 Å². The maximum absolute atomic E-state index is 12.5. The van der Waals surface area contributed by atoms with E-state index in [-0.39, 0.29) is 11.9 Å². The molecule has 0 saturated carbocycles. The van der Waals surface area contributed by atoms with Gasteiger partial charge < -0.3 is 10.6 Å². The number of nitrogens with two attached hydrogens (primary N) is 1. The van der Waals surface area contributed by atoms with E-state index >= 15 is 0 Å². The molecule has 4 nitrogen and oxygen atoms in total. The molecule has 5 heteroatoms. The summed E-state index contributed by atoms with van der Waals surface area (Å²) in [7, 11) is 0. The number of thiazole rings is 1. The number of aromatic nitrogens is 1. The van der Waals surface area contributed by atoms with E-state index in [0.717, 1.165) is 13.0 Å². The van der Waals surface area contributed by atoms with Crippen LogP contribution in [0.3, 0.4) is 0 Å². The highest BCUT2D eigenvalue weighted by Crippen LogP contribution is 2.30. The summed E-state index contributed by atoms with van der Waals surface area (Å²) in [5, 5.41) is 0. The van der Waals surface area contributed by atoms with Gasteiger partial charge in [-0.1, -0.05) is 24.3 Å². The topological polar surface area (TPSA) is 59.2 Å². The van der Waals surface area contributed by atoms with E-state index in [4.69, 9.17) is 5.73 Å². The molecule has 98 valence electrons. The van der Waals surface area contributed by atoms with Crippen LogP contribution in [0.25, 0.3) is 0 Å². The molecule has 0 radical (unpaired) electrons. The van der Waals surface area contributed by atoms with E-state index < -0.39 is 0 Å². The van der Waals surface area contributed by atoms with Crippen molar-refractivity contribution in [3.63, 3.8) is 0 Å². The van der Waals surface area contributed by atoms with E-state index in [1.165, 1.54) is 22.5 Å². The molecule has 0 saturated heterocycles. The normalized spacial score (nSPS) is 18.2. The second-order valence-electron chi connectivity index (χ2n) is 4.56. The Morgan fingerprint density at radius 3 is 3.05 bits per heavy atom. The lowest BCUT2D eigenvalue weighted by Gasteiger charge is -2.36. The number of benzene rings is 1. The van der Waals surface area contributed by atoms with Crippen LogP contribution < -0.4 is 5.73 Å². The molecule has 1 unspecified atom stereocenters. The molecule has 0 aliphatic carbocycles. The van der Waals surface area contributed by atoms with Gasteiger partial charge >= 0.3 is 0 Å². The number of hydrogen-bond donors (Lipinski definition) is 1. The molecule has 1 atom stereocenters. The van der Waals surface area contributed by atoms with Crippen molar-refractivity contribution in [3.05, 3.63) is 52.0 Å². The quantitative estimate of drug-likeness (QED) is 0.908. The van der Waals surface area contributed by atoms with Gasteiger partial charge in [-0.05, 0) is 17.5 Å². The van der Waals surface area contributed by atoms with Crippen LogP contribution in [0.2, 0.25) is 0 Å². The third-order valence-electron chi connectivity index (χ3n) is 3.54. The van der Waals surface area contributed by atoms with Crippen molar-refractivity contribution in [2.24, 2.45) is 5.73 Å². The second kappa shape index (κ2) is 5.11. The maximum atomic E-state index is 12.5. The molecule has 3 rings (SSSR count). The Morgan fingerprint density at radius 2 is 2.32 bits per heavy atom.